The first-order chi connectivity index (χ1) is 12.2. The van der Waals surface area contributed by atoms with Crippen molar-refractivity contribution in [2.24, 2.45) is 5.84 Å². The van der Waals surface area contributed by atoms with Crippen LogP contribution in [0.5, 0.6) is 0 Å². The lowest BCUT2D eigenvalue weighted by Gasteiger charge is -2.31. The number of carboxylic acid groups (broad SMARTS) is 1. The summed E-state index contributed by atoms with van der Waals surface area (Å²) in [5, 5.41) is 10.8. The van der Waals surface area contributed by atoms with Gasteiger partial charge in [-0.1, -0.05) is 62.8 Å². The molecule has 0 amide bonds. The molecule has 0 radical (unpaired) electrons. The fourth-order valence-electron chi connectivity index (χ4n) is 2.84. The van der Waals surface area contributed by atoms with Gasteiger partial charge in [0, 0.05) is 10.0 Å². The molecule has 136 valence electrons. The van der Waals surface area contributed by atoms with Gasteiger partial charge in [0.05, 0.1) is 22.0 Å². The van der Waals surface area contributed by atoms with Crippen LogP contribution >= 0.6 is 38.5 Å². The number of alkyl halides is 1. The Kier molecular flexibility index (Phi) is 5.42. The largest absolute Gasteiger partial charge is 0.480 e. The fourth-order valence-corrected chi connectivity index (χ4v) is 5.69. The van der Waals surface area contributed by atoms with Gasteiger partial charge in [0.1, 0.15) is 3.92 Å². The molecule has 0 saturated heterocycles. The molecule has 0 bridgehead atoms. The van der Waals surface area contributed by atoms with Crippen LogP contribution < -0.4 is 10.9 Å². The summed E-state index contributed by atoms with van der Waals surface area (Å²) in [5.41, 5.74) is 1.66. The number of anilines is 1. The normalized spacial score (nSPS) is 16.7. The van der Waals surface area contributed by atoms with Gasteiger partial charge in [0.25, 0.3) is 0 Å². The van der Waals surface area contributed by atoms with Gasteiger partial charge < -0.3 is 5.11 Å². The third kappa shape index (κ3) is 3.53. The molecule has 2 aromatic rings. The number of rotatable bonds is 4. The summed E-state index contributed by atoms with van der Waals surface area (Å²) in [6.45, 7) is 0. The van der Waals surface area contributed by atoms with Crippen LogP contribution in [0.3, 0.4) is 0 Å². The molecule has 1 unspecified atom stereocenters. The number of hydrazine groups is 1. The van der Waals surface area contributed by atoms with E-state index in [1.165, 1.54) is 11.1 Å². The number of fused-ring (bicyclic) bond motifs is 1. The van der Waals surface area contributed by atoms with Crippen molar-refractivity contribution < 1.29 is 18.3 Å². The lowest BCUT2D eigenvalue weighted by Crippen LogP contribution is -2.37. The number of sulfone groups is 1. The third-order valence-electron chi connectivity index (χ3n) is 3.98. The molecule has 0 fully saturated rings. The fraction of sp³-hybridized carbons (Fsp3) is 0.118. The van der Waals surface area contributed by atoms with Crippen molar-refractivity contribution in [3.05, 3.63) is 64.1 Å². The number of hydrogen-bond donors (Lipinski definition) is 2. The van der Waals surface area contributed by atoms with Gasteiger partial charge >= 0.3 is 5.97 Å². The van der Waals surface area contributed by atoms with Gasteiger partial charge in [0.15, 0.2) is 9.84 Å². The van der Waals surface area contributed by atoms with Crippen molar-refractivity contribution in [2.75, 3.05) is 10.8 Å². The second-order valence-corrected chi connectivity index (χ2v) is 9.80. The van der Waals surface area contributed by atoms with Gasteiger partial charge in [-0.15, -0.1) is 0 Å². The molecule has 1 heterocycles. The molecule has 1 atom stereocenters. The van der Waals surface area contributed by atoms with E-state index < -0.39 is 19.7 Å². The van der Waals surface area contributed by atoms with E-state index in [4.69, 9.17) is 5.84 Å². The molecular formula is C17H14BrIN2O4S. The van der Waals surface area contributed by atoms with Crippen molar-refractivity contribution in [1.29, 1.82) is 0 Å². The monoisotopic (exact) mass is 548 g/mol. The Balaban J connectivity index is 2.29. The van der Waals surface area contributed by atoms with Crippen molar-refractivity contribution >= 4 is 65.7 Å². The number of nitrogens with two attached hydrogens (primary N) is 1. The first-order valence-electron chi connectivity index (χ1n) is 7.45. The topological polar surface area (TPSA) is 101 Å². The lowest BCUT2D eigenvalue weighted by molar-refractivity contribution is -0.135. The zero-order valence-corrected chi connectivity index (χ0v) is 17.8. The SMILES string of the molecule is NN(C1=C(C(I)C(=O)O)CS(=O)(=O)c2ccccc21)c1cccc(Br)c1. The Hall–Kier alpha value is -1.43. The first kappa shape index (κ1) is 19.3. The van der Waals surface area contributed by atoms with Crippen molar-refractivity contribution in [1.82, 2.24) is 0 Å². The summed E-state index contributed by atoms with van der Waals surface area (Å²) in [7, 11) is -3.64. The highest BCUT2D eigenvalue weighted by Crippen LogP contribution is 2.39. The van der Waals surface area contributed by atoms with E-state index in [9.17, 15) is 18.3 Å². The molecule has 1 aliphatic rings. The maximum atomic E-state index is 12.7. The predicted octanol–water partition coefficient (Wildman–Crippen LogP) is 3.22. The average Bonchev–Trinajstić information content (AvgIpc) is 2.60. The van der Waals surface area contributed by atoms with Crippen LogP contribution in [-0.4, -0.2) is 29.2 Å². The van der Waals surface area contributed by atoms with Gasteiger partial charge in [-0.25, -0.2) is 14.3 Å². The zero-order chi connectivity index (χ0) is 19.1. The quantitative estimate of drug-likeness (QED) is 0.263. The lowest BCUT2D eigenvalue weighted by atomic mass is 10.0. The summed E-state index contributed by atoms with van der Waals surface area (Å²) in [6.07, 6.45) is 0. The van der Waals surface area contributed by atoms with E-state index in [1.807, 2.05) is 6.07 Å². The zero-order valence-electron chi connectivity index (χ0n) is 13.3. The van der Waals surface area contributed by atoms with Gasteiger partial charge in [-0.05, 0) is 29.8 Å². The summed E-state index contributed by atoms with van der Waals surface area (Å²) in [5.74, 6) is 4.83. The second kappa shape index (κ2) is 7.29. The number of aliphatic carboxylic acids is 1. The van der Waals surface area contributed by atoms with Crippen LogP contribution in [0.25, 0.3) is 5.70 Å². The van der Waals surface area contributed by atoms with Crippen LogP contribution in [0.1, 0.15) is 5.56 Å². The van der Waals surface area contributed by atoms with Crippen LogP contribution in [0.2, 0.25) is 0 Å². The van der Waals surface area contributed by atoms with E-state index >= 15 is 0 Å². The van der Waals surface area contributed by atoms with Gasteiger partial charge in [-0.2, -0.15) is 0 Å². The highest BCUT2D eigenvalue weighted by molar-refractivity contribution is 14.1. The minimum atomic E-state index is -3.64. The maximum Gasteiger partial charge on any atom is 0.320 e. The number of nitrogens with zero attached hydrogens (tertiary/aromatic N) is 1. The Morgan fingerprint density at radius 1 is 1.23 bits per heavy atom. The Labute approximate surface area is 172 Å². The molecule has 0 aromatic heterocycles. The second-order valence-electron chi connectivity index (χ2n) is 5.68. The van der Waals surface area contributed by atoms with Gasteiger partial charge in [0.2, 0.25) is 0 Å². The van der Waals surface area contributed by atoms with Crippen LogP contribution in [0.15, 0.2) is 63.5 Å². The molecule has 3 rings (SSSR count). The summed E-state index contributed by atoms with van der Waals surface area (Å²) < 4.78 is 25.1. The van der Waals surface area contributed by atoms with Crippen LogP contribution in [0, 0.1) is 0 Å². The number of hydrogen-bond acceptors (Lipinski definition) is 5. The number of halogens is 2. The summed E-state index contributed by atoms with van der Waals surface area (Å²) >= 11 is 5.11. The first-order valence-corrected chi connectivity index (χ1v) is 11.1. The van der Waals surface area contributed by atoms with Gasteiger partial charge in [-0.3, -0.25) is 9.80 Å². The van der Waals surface area contributed by atoms with Crippen molar-refractivity contribution in [3.8, 4) is 0 Å². The standard InChI is InChI=1S/C17H14BrIN2O4S/c18-10-4-3-5-11(8-10)21(20)16-12-6-1-2-7-14(12)26(24,25)9-13(16)15(19)17(22)23/h1-8,15H,9,20H2,(H,22,23). The smallest absolute Gasteiger partial charge is 0.320 e. The molecule has 2 aromatic carbocycles. The molecular weight excluding hydrogens is 535 g/mol. The molecule has 3 N–H and O–H groups in total. The van der Waals surface area contributed by atoms with E-state index in [1.54, 1.807) is 59.0 Å². The molecule has 6 nitrogen and oxygen atoms in total. The highest BCUT2D eigenvalue weighted by atomic mass is 127. The number of carboxylic acids is 1. The summed E-state index contributed by atoms with van der Waals surface area (Å²) in [6, 6.07) is 13.7. The molecule has 0 spiro atoms. The predicted molar refractivity (Wildman–Crippen MR) is 112 cm³/mol. The van der Waals surface area contributed by atoms with Crippen molar-refractivity contribution in [3.63, 3.8) is 0 Å². The van der Waals surface area contributed by atoms with E-state index in [0.29, 0.717) is 16.9 Å². The van der Waals surface area contributed by atoms with E-state index in [-0.39, 0.29) is 16.2 Å². The van der Waals surface area contributed by atoms with Crippen LogP contribution in [-0.2, 0) is 14.6 Å². The summed E-state index contributed by atoms with van der Waals surface area (Å²) in [4.78, 5) is 11.7. The minimum Gasteiger partial charge on any atom is -0.480 e. The Morgan fingerprint density at radius 2 is 1.92 bits per heavy atom. The average molecular weight is 549 g/mol. The number of carbonyl (C=O) groups is 1. The Bertz CT molecular complexity index is 1020. The van der Waals surface area contributed by atoms with Crippen LogP contribution in [0.4, 0.5) is 5.69 Å². The molecule has 26 heavy (non-hydrogen) atoms. The molecule has 0 aliphatic carbocycles. The minimum absolute atomic E-state index is 0.151. The van der Waals surface area contributed by atoms with Crippen molar-refractivity contribution in [2.45, 2.75) is 8.82 Å². The Morgan fingerprint density at radius 3 is 2.58 bits per heavy atom. The highest BCUT2D eigenvalue weighted by Gasteiger charge is 2.37. The molecule has 9 heteroatoms. The molecule has 0 saturated carbocycles. The number of benzene rings is 2. The van der Waals surface area contributed by atoms with E-state index in [2.05, 4.69) is 15.9 Å². The maximum absolute atomic E-state index is 12.7. The molecule has 1 aliphatic heterocycles. The third-order valence-corrected chi connectivity index (χ3v) is 7.47. The van der Waals surface area contributed by atoms with E-state index in [0.717, 1.165) is 4.47 Å².